The summed E-state index contributed by atoms with van der Waals surface area (Å²) in [5, 5.41) is 12.8. The van der Waals surface area contributed by atoms with Crippen molar-refractivity contribution in [1.82, 2.24) is 9.78 Å². The number of hydrogen-bond acceptors (Lipinski definition) is 4. The zero-order chi connectivity index (χ0) is 10.7. The van der Waals surface area contributed by atoms with Crippen LogP contribution < -0.4 is 10.6 Å². The average molecular weight is 193 g/mol. The normalized spacial score (nSPS) is 12.1. The van der Waals surface area contributed by atoms with Crippen LogP contribution in [0.15, 0.2) is 6.20 Å². The van der Waals surface area contributed by atoms with Gasteiger partial charge in [-0.3, -0.25) is 4.68 Å². The Labute approximate surface area is 83.7 Å². The number of nitrogens with zero attached hydrogens (tertiary/aromatic N) is 4. The highest BCUT2D eigenvalue weighted by atomic mass is 15.3. The first-order valence-electron chi connectivity index (χ1n) is 4.45. The maximum Gasteiger partial charge on any atom is 0.173 e. The lowest BCUT2D eigenvalue weighted by atomic mass is 10.2. The zero-order valence-electron chi connectivity index (χ0n) is 8.73. The van der Waals surface area contributed by atoms with E-state index in [-0.39, 0.29) is 6.04 Å². The van der Waals surface area contributed by atoms with Crippen LogP contribution in [0, 0.1) is 11.3 Å². The molecule has 0 aliphatic carbocycles. The molecular formula is C9H15N5. The Morgan fingerprint density at radius 1 is 1.79 bits per heavy atom. The lowest BCUT2D eigenvalue weighted by Gasteiger charge is -2.22. The fourth-order valence-electron chi connectivity index (χ4n) is 1.25. The first kappa shape index (κ1) is 10.4. The second-order valence-corrected chi connectivity index (χ2v) is 3.40. The number of rotatable bonds is 3. The summed E-state index contributed by atoms with van der Waals surface area (Å²) in [5.74, 6) is 0.732. The minimum atomic E-state index is 0.122. The number of nitrogens with two attached hydrogens (primary N) is 1. The minimum Gasteiger partial charge on any atom is -0.394 e. The highest BCUT2D eigenvalue weighted by molar-refractivity contribution is 5.61. The zero-order valence-corrected chi connectivity index (χ0v) is 8.73. The molecule has 0 saturated carbocycles. The van der Waals surface area contributed by atoms with Gasteiger partial charge in [-0.25, -0.2) is 0 Å². The molecule has 0 saturated heterocycles. The lowest BCUT2D eigenvalue weighted by Crippen LogP contribution is -2.29. The third kappa shape index (κ3) is 1.96. The molecule has 1 atom stereocenters. The van der Waals surface area contributed by atoms with Crippen LogP contribution in [0.1, 0.15) is 13.3 Å². The summed E-state index contributed by atoms with van der Waals surface area (Å²) in [4.78, 5) is 1.92. The van der Waals surface area contributed by atoms with Crippen molar-refractivity contribution in [3.63, 3.8) is 0 Å². The standard InChI is InChI=1S/C9H15N5/c1-7(4-5-10)14(3)9-8(11)6-13(2)12-9/h6-7H,4,11H2,1-3H3. The largest absolute Gasteiger partial charge is 0.394 e. The summed E-state index contributed by atoms with van der Waals surface area (Å²) in [6.45, 7) is 1.97. The first-order chi connectivity index (χ1) is 6.56. The predicted octanol–water partition coefficient (Wildman–Crippen LogP) is 0.741. The molecule has 1 unspecified atom stereocenters. The van der Waals surface area contributed by atoms with Gasteiger partial charge in [-0.05, 0) is 6.92 Å². The number of nitrogen functional groups attached to an aromatic ring is 1. The van der Waals surface area contributed by atoms with Crippen molar-refractivity contribution in [2.75, 3.05) is 17.7 Å². The maximum atomic E-state index is 8.57. The third-order valence-electron chi connectivity index (χ3n) is 2.22. The van der Waals surface area contributed by atoms with Gasteiger partial charge < -0.3 is 10.6 Å². The molecule has 2 N–H and O–H groups in total. The van der Waals surface area contributed by atoms with Crippen molar-refractivity contribution in [1.29, 1.82) is 5.26 Å². The van der Waals surface area contributed by atoms with Gasteiger partial charge in [0.1, 0.15) is 0 Å². The molecule has 0 fully saturated rings. The van der Waals surface area contributed by atoms with E-state index in [0.29, 0.717) is 12.1 Å². The minimum absolute atomic E-state index is 0.122. The van der Waals surface area contributed by atoms with Gasteiger partial charge in [0.05, 0.1) is 18.2 Å². The Morgan fingerprint density at radius 2 is 2.43 bits per heavy atom. The molecule has 5 heteroatoms. The molecule has 0 aromatic carbocycles. The van der Waals surface area contributed by atoms with E-state index >= 15 is 0 Å². The Bertz CT molecular complexity index is 349. The second kappa shape index (κ2) is 4.01. The molecule has 1 aromatic rings. The lowest BCUT2D eigenvalue weighted by molar-refractivity contribution is 0.677. The van der Waals surface area contributed by atoms with Crippen molar-refractivity contribution in [2.45, 2.75) is 19.4 Å². The number of nitriles is 1. The molecule has 1 heterocycles. The fourth-order valence-corrected chi connectivity index (χ4v) is 1.25. The number of aryl methyl sites for hydroxylation is 1. The molecule has 5 nitrogen and oxygen atoms in total. The first-order valence-corrected chi connectivity index (χ1v) is 4.45. The number of hydrogen-bond donors (Lipinski definition) is 1. The summed E-state index contributed by atoms with van der Waals surface area (Å²) in [7, 11) is 3.71. The van der Waals surface area contributed by atoms with Gasteiger partial charge >= 0.3 is 0 Å². The van der Waals surface area contributed by atoms with Gasteiger partial charge in [0, 0.05) is 26.3 Å². The third-order valence-corrected chi connectivity index (χ3v) is 2.22. The van der Waals surface area contributed by atoms with Crippen LogP contribution >= 0.6 is 0 Å². The molecule has 0 bridgehead atoms. The topological polar surface area (TPSA) is 70.9 Å². The maximum absolute atomic E-state index is 8.57. The summed E-state index contributed by atoms with van der Waals surface area (Å²) >= 11 is 0. The molecule has 14 heavy (non-hydrogen) atoms. The van der Waals surface area contributed by atoms with Crippen molar-refractivity contribution < 1.29 is 0 Å². The van der Waals surface area contributed by atoms with E-state index in [2.05, 4.69) is 11.2 Å². The quantitative estimate of drug-likeness (QED) is 0.768. The van der Waals surface area contributed by atoms with Gasteiger partial charge in [-0.15, -0.1) is 0 Å². The number of anilines is 2. The summed E-state index contributed by atoms with van der Waals surface area (Å²) in [5.41, 5.74) is 6.41. The average Bonchev–Trinajstić information content (AvgIpc) is 2.44. The summed E-state index contributed by atoms with van der Waals surface area (Å²) < 4.78 is 1.67. The highest BCUT2D eigenvalue weighted by Gasteiger charge is 2.14. The van der Waals surface area contributed by atoms with E-state index in [1.165, 1.54) is 0 Å². The Balaban J connectivity index is 2.84. The second-order valence-electron chi connectivity index (χ2n) is 3.40. The number of aromatic nitrogens is 2. The summed E-state index contributed by atoms with van der Waals surface area (Å²) in [6.07, 6.45) is 2.22. The van der Waals surface area contributed by atoms with E-state index < -0.39 is 0 Å². The van der Waals surface area contributed by atoms with Gasteiger partial charge in [-0.1, -0.05) is 0 Å². The van der Waals surface area contributed by atoms with E-state index in [1.807, 2.05) is 25.9 Å². The van der Waals surface area contributed by atoms with E-state index in [9.17, 15) is 0 Å². The molecule has 1 aromatic heterocycles. The van der Waals surface area contributed by atoms with E-state index in [1.54, 1.807) is 10.9 Å². The fraction of sp³-hybridized carbons (Fsp3) is 0.556. The predicted molar refractivity (Wildman–Crippen MR) is 55.7 cm³/mol. The monoisotopic (exact) mass is 193 g/mol. The molecule has 0 amide bonds. The molecular weight excluding hydrogens is 178 g/mol. The van der Waals surface area contributed by atoms with Crippen molar-refractivity contribution >= 4 is 11.5 Å². The molecule has 1 rings (SSSR count). The van der Waals surface area contributed by atoms with Crippen LogP contribution in [0.25, 0.3) is 0 Å². The molecule has 0 radical (unpaired) electrons. The van der Waals surface area contributed by atoms with Gasteiger partial charge in [-0.2, -0.15) is 10.4 Å². The molecule has 0 aliphatic heterocycles. The van der Waals surface area contributed by atoms with Crippen LogP contribution in [0.4, 0.5) is 11.5 Å². The van der Waals surface area contributed by atoms with Gasteiger partial charge in [0.2, 0.25) is 0 Å². The summed E-state index contributed by atoms with van der Waals surface area (Å²) in [6, 6.07) is 2.25. The van der Waals surface area contributed by atoms with Crippen LogP contribution in [-0.2, 0) is 7.05 Å². The molecule has 0 aliphatic rings. The molecule has 76 valence electrons. The SMILES string of the molecule is CC(CC#N)N(C)c1nn(C)cc1N. The van der Waals surface area contributed by atoms with Crippen LogP contribution in [0.5, 0.6) is 0 Å². The van der Waals surface area contributed by atoms with Crippen molar-refractivity contribution in [3.8, 4) is 6.07 Å². The van der Waals surface area contributed by atoms with Crippen LogP contribution in [0.2, 0.25) is 0 Å². The van der Waals surface area contributed by atoms with Gasteiger partial charge in [0.15, 0.2) is 5.82 Å². The van der Waals surface area contributed by atoms with Crippen molar-refractivity contribution in [3.05, 3.63) is 6.20 Å². The van der Waals surface area contributed by atoms with E-state index in [0.717, 1.165) is 5.82 Å². The van der Waals surface area contributed by atoms with Crippen LogP contribution in [0.3, 0.4) is 0 Å². The Kier molecular flexibility index (Phi) is 2.97. The smallest absolute Gasteiger partial charge is 0.173 e. The Hall–Kier alpha value is -1.70. The van der Waals surface area contributed by atoms with Crippen LogP contribution in [-0.4, -0.2) is 22.9 Å². The van der Waals surface area contributed by atoms with Crippen molar-refractivity contribution in [2.24, 2.45) is 7.05 Å². The highest BCUT2D eigenvalue weighted by Crippen LogP contribution is 2.21. The Morgan fingerprint density at radius 3 is 2.86 bits per heavy atom. The van der Waals surface area contributed by atoms with Gasteiger partial charge in [0.25, 0.3) is 0 Å². The van der Waals surface area contributed by atoms with E-state index in [4.69, 9.17) is 11.0 Å². The molecule has 0 spiro atoms.